The highest BCUT2D eigenvalue weighted by molar-refractivity contribution is 7.90. The average molecular weight is 871 g/mol. The fraction of sp³-hybridized carbons (Fsp3) is 0.581. The van der Waals surface area contributed by atoms with E-state index in [-0.39, 0.29) is 54.9 Å². The minimum Gasteiger partial charge on any atom is -0.487 e. The lowest BCUT2D eigenvalue weighted by Crippen LogP contribution is -2.55. The number of carbonyl (C=O) groups is 5. The lowest BCUT2D eigenvalue weighted by atomic mass is 9.88. The third kappa shape index (κ3) is 15.0. The number of nitrogens with one attached hydrogen (secondary N) is 5. The van der Waals surface area contributed by atoms with Gasteiger partial charge in [-0.3, -0.25) is 24.2 Å². The number of ether oxygens (including phenoxy) is 1. The number of hydrogen-bond donors (Lipinski definition) is 8. The summed E-state index contributed by atoms with van der Waals surface area (Å²) in [5.74, 6) is -3.71. The number of aliphatic imine (C=N–C) groups is 1. The molecule has 1 heterocycles. The Hall–Kier alpha value is -5.23. The Labute approximate surface area is 360 Å². The summed E-state index contributed by atoms with van der Waals surface area (Å²) in [6, 6.07) is 4.40. The number of guanidine groups is 1. The molecule has 0 saturated heterocycles. The molecule has 3 rings (SSSR count). The van der Waals surface area contributed by atoms with Crippen LogP contribution in [0.5, 0.6) is 5.75 Å². The molecule has 1 aliphatic heterocycles. The second kappa shape index (κ2) is 22.0. The molecule has 17 nitrogen and oxygen atoms in total. The molecule has 0 unspecified atom stereocenters. The molecule has 10 N–H and O–H groups in total. The van der Waals surface area contributed by atoms with Gasteiger partial charge in [-0.05, 0) is 107 Å². The van der Waals surface area contributed by atoms with Crippen molar-refractivity contribution in [1.29, 1.82) is 0 Å². The Morgan fingerprint density at radius 2 is 1.48 bits per heavy atom. The first kappa shape index (κ1) is 50.1. The number of hydrogen-bond acceptors (Lipinski definition) is 10. The van der Waals surface area contributed by atoms with Crippen LogP contribution in [0.4, 0.5) is 0 Å². The van der Waals surface area contributed by atoms with E-state index < -0.39 is 75.9 Å². The van der Waals surface area contributed by atoms with Crippen LogP contribution in [-0.2, 0) is 46.8 Å². The van der Waals surface area contributed by atoms with Crippen molar-refractivity contribution in [3.05, 3.63) is 58.1 Å². The first-order valence-electron chi connectivity index (χ1n) is 20.8. The SMILES string of the molecule is Cc1c(C)c(S(=O)(=O)NC(N)=NCCC[C@H](NC(=O)[C@@H](N)CC(C)C)C(=O)NCC(=O)N[C@@H](Cc2ccccc2)C(=O)N[C@@H](CC(C)C)C(=O)O)c(C)c2c1CCC(C)(C)O2. The predicted molar refractivity (Wildman–Crippen MR) is 233 cm³/mol. The molecule has 0 bridgehead atoms. The van der Waals surface area contributed by atoms with Crippen LogP contribution >= 0.6 is 0 Å². The summed E-state index contributed by atoms with van der Waals surface area (Å²) < 4.78 is 36.0. The van der Waals surface area contributed by atoms with Crippen LogP contribution < -0.4 is 42.2 Å². The van der Waals surface area contributed by atoms with Gasteiger partial charge in [0.2, 0.25) is 29.6 Å². The number of carboxylic acids is 1. The van der Waals surface area contributed by atoms with Crippen molar-refractivity contribution < 1.29 is 42.2 Å². The van der Waals surface area contributed by atoms with E-state index in [2.05, 4.69) is 31.0 Å². The van der Waals surface area contributed by atoms with E-state index in [4.69, 9.17) is 16.2 Å². The predicted octanol–water partition coefficient (Wildman–Crippen LogP) is 2.41. The van der Waals surface area contributed by atoms with E-state index in [1.54, 1.807) is 44.2 Å². The van der Waals surface area contributed by atoms with E-state index in [9.17, 15) is 37.5 Å². The van der Waals surface area contributed by atoms with Gasteiger partial charge in [0, 0.05) is 18.5 Å². The number of nitrogens with zero attached hydrogens (tertiary/aromatic N) is 1. The minimum absolute atomic E-state index is 0.0118. The van der Waals surface area contributed by atoms with E-state index in [1.807, 2.05) is 48.5 Å². The van der Waals surface area contributed by atoms with Gasteiger partial charge in [-0.1, -0.05) is 58.0 Å². The third-order valence-electron chi connectivity index (χ3n) is 10.5. The second-order valence-corrected chi connectivity index (χ2v) is 18.9. The standard InChI is InChI=1S/C43H66N8O9S/c1-24(2)20-31(44)38(53)49-32(16-13-19-46-42(45)51-61(58,59)37-27(6)26(5)30-17-18-43(8,9)60-36(30)28(37)7)39(54)47-23-35(52)48-33(22-29-14-11-10-12-15-29)40(55)50-34(41(56)57)21-25(3)4/h10-12,14-15,24-25,31-34H,13,16-23,44H2,1-9H3,(H,47,54)(H,48,52)(H,49,53)(H,50,55)(H,56,57)(H3,45,46,51)/t31-,32-,33-,34-/m0/s1. The molecule has 2 aromatic carbocycles. The second-order valence-electron chi connectivity index (χ2n) is 17.2. The molecule has 2 aromatic rings. The number of carboxylic acid groups (broad SMARTS) is 1. The summed E-state index contributed by atoms with van der Waals surface area (Å²) in [6.45, 7) is 16.1. The Balaban J connectivity index is 1.72. The van der Waals surface area contributed by atoms with E-state index in [0.717, 1.165) is 24.0 Å². The van der Waals surface area contributed by atoms with Crippen molar-refractivity contribution in [3.8, 4) is 5.75 Å². The summed E-state index contributed by atoms with van der Waals surface area (Å²) in [6.07, 6.45) is 2.29. The van der Waals surface area contributed by atoms with E-state index in [1.165, 1.54) is 0 Å². The van der Waals surface area contributed by atoms with Crippen molar-refractivity contribution in [2.45, 2.75) is 142 Å². The van der Waals surface area contributed by atoms with Crippen LogP contribution in [0.1, 0.15) is 101 Å². The summed E-state index contributed by atoms with van der Waals surface area (Å²) in [5, 5.41) is 20.0. The number of amides is 4. The van der Waals surface area contributed by atoms with Crippen LogP contribution in [0.25, 0.3) is 0 Å². The Morgan fingerprint density at radius 1 is 0.852 bits per heavy atom. The molecule has 0 spiro atoms. The maximum absolute atomic E-state index is 13.7. The van der Waals surface area contributed by atoms with Gasteiger partial charge in [-0.25, -0.2) is 17.9 Å². The Bertz CT molecular complexity index is 2040. The molecule has 4 amide bonds. The molecule has 4 atom stereocenters. The lowest BCUT2D eigenvalue weighted by Gasteiger charge is -2.35. The van der Waals surface area contributed by atoms with Crippen molar-refractivity contribution in [2.75, 3.05) is 13.1 Å². The number of carbonyl (C=O) groups excluding carboxylic acids is 4. The maximum Gasteiger partial charge on any atom is 0.326 e. The van der Waals surface area contributed by atoms with Crippen LogP contribution in [-0.4, -0.2) is 91.9 Å². The maximum atomic E-state index is 13.7. The highest BCUT2D eigenvalue weighted by Crippen LogP contribution is 2.42. The summed E-state index contributed by atoms with van der Waals surface area (Å²) in [4.78, 5) is 69.2. The van der Waals surface area contributed by atoms with Crippen LogP contribution in [0.2, 0.25) is 0 Å². The Kier molecular flexibility index (Phi) is 18.1. The lowest BCUT2D eigenvalue weighted by molar-refractivity contribution is -0.142. The Morgan fingerprint density at radius 3 is 2.08 bits per heavy atom. The molecular weight excluding hydrogens is 805 g/mol. The number of fused-ring (bicyclic) bond motifs is 1. The smallest absolute Gasteiger partial charge is 0.326 e. The highest BCUT2D eigenvalue weighted by Gasteiger charge is 2.34. The number of nitrogens with two attached hydrogens (primary N) is 2. The molecule has 1 aliphatic rings. The van der Waals surface area contributed by atoms with Gasteiger partial charge in [0.15, 0.2) is 0 Å². The van der Waals surface area contributed by atoms with Crippen LogP contribution in [0, 0.1) is 32.6 Å². The van der Waals surface area contributed by atoms with Gasteiger partial charge in [0.25, 0.3) is 10.0 Å². The quantitative estimate of drug-likeness (QED) is 0.0513. The van der Waals surface area contributed by atoms with E-state index in [0.29, 0.717) is 28.9 Å². The van der Waals surface area contributed by atoms with Crippen molar-refractivity contribution in [1.82, 2.24) is 26.0 Å². The van der Waals surface area contributed by atoms with Gasteiger partial charge >= 0.3 is 5.97 Å². The topological polar surface area (TPSA) is 274 Å². The van der Waals surface area contributed by atoms with Crippen molar-refractivity contribution in [3.63, 3.8) is 0 Å². The van der Waals surface area contributed by atoms with Crippen molar-refractivity contribution >= 4 is 45.6 Å². The average Bonchev–Trinajstić information content (AvgIpc) is 3.15. The normalized spacial score (nSPS) is 15.7. The molecule has 18 heteroatoms. The van der Waals surface area contributed by atoms with Gasteiger partial charge < -0.3 is 42.6 Å². The summed E-state index contributed by atoms with van der Waals surface area (Å²) in [7, 11) is -4.19. The number of sulfonamides is 1. The number of aliphatic carboxylic acids is 1. The first-order chi connectivity index (χ1) is 28.4. The van der Waals surface area contributed by atoms with Gasteiger partial charge in [-0.2, -0.15) is 0 Å². The third-order valence-corrected chi connectivity index (χ3v) is 12.1. The molecule has 0 saturated carbocycles. The zero-order valence-corrected chi connectivity index (χ0v) is 37.8. The number of rotatable bonds is 21. The van der Waals surface area contributed by atoms with Crippen LogP contribution in [0.15, 0.2) is 40.2 Å². The molecule has 0 aromatic heterocycles. The zero-order chi connectivity index (χ0) is 45.8. The molecule has 0 radical (unpaired) electrons. The zero-order valence-electron chi connectivity index (χ0n) is 36.9. The molecular formula is C43H66N8O9S. The van der Waals surface area contributed by atoms with Crippen molar-refractivity contribution in [2.24, 2.45) is 28.3 Å². The molecule has 338 valence electrons. The monoisotopic (exact) mass is 870 g/mol. The largest absolute Gasteiger partial charge is 0.487 e. The van der Waals surface area contributed by atoms with Gasteiger partial charge in [-0.15, -0.1) is 0 Å². The fourth-order valence-corrected chi connectivity index (χ4v) is 8.71. The summed E-state index contributed by atoms with van der Waals surface area (Å²) in [5.41, 5.74) is 15.3. The molecule has 0 fully saturated rings. The van der Waals surface area contributed by atoms with Crippen LogP contribution in [0.3, 0.4) is 0 Å². The summed E-state index contributed by atoms with van der Waals surface area (Å²) >= 11 is 0. The van der Waals surface area contributed by atoms with E-state index >= 15 is 0 Å². The first-order valence-corrected chi connectivity index (χ1v) is 22.2. The minimum atomic E-state index is -4.19. The molecule has 61 heavy (non-hydrogen) atoms. The molecule has 0 aliphatic carbocycles. The highest BCUT2D eigenvalue weighted by atomic mass is 32.2. The van der Waals surface area contributed by atoms with Gasteiger partial charge in [0.1, 0.15) is 29.5 Å². The fourth-order valence-electron chi connectivity index (χ4n) is 7.21. The van der Waals surface area contributed by atoms with Gasteiger partial charge in [0.05, 0.1) is 17.5 Å². The number of benzene rings is 2.